The van der Waals surface area contributed by atoms with Crippen LogP contribution in [0, 0.1) is 5.82 Å². The van der Waals surface area contributed by atoms with Crippen LogP contribution in [0.4, 0.5) is 22.4 Å². The minimum atomic E-state index is -4.78. The van der Waals surface area contributed by atoms with Crippen LogP contribution < -0.4 is 0 Å². The number of ether oxygens (including phenoxy) is 1. The summed E-state index contributed by atoms with van der Waals surface area (Å²) in [4.78, 5) is 15.9. The molecular weight excluding hydrogens is 340 g/mol. The van der Waals surface area contributed by atoms with Crippen LogP contribution in [0.2, 0.25) is 0 Å². The molecular formula is C17H20F4N2O2. The maximum atomic E-state index is 13.6. The van der Waals surface area contributed by atoms with Crippen molar-refractivity contribution in [1.82, 2.24) is 9.80 Å². The minimum Gasteiger partial charge on any atom is -0.453 e. The number of benzene rings is 1. The van der Waals surface area contributed by atoms with E-state index in [1.807, 2.05) is 7.05 Å². The summed E-state index contributed by atoms with van der Waals surface area (Å²) in [5, 5.41) is 0. The molecule has 138 valence electrons. The van der Waals surface area contributed by atoms with Crippen LogP contribution in [0.1, 0.15) is 30.4 Å². The van der Waals surface area contributed by atoms with Crippen molar-refractivity contribution in [2.75, 3.05) is 27.2 Å². The van der Waals surface area contributed by atoms with Gasteiger partial charge in [0, 0.05) is 12.6 Å². The summed E-state index contributed by atoms with van der Waals surface area (Å²) in [7, 11) is 3.19. The fourth-order valence-electron chi connectivity index (χ4n) is 3.41. The molecule has 0 spiro atoms. The van der Waals surface area contributed by atoms with Gasteiger partial charge in [0.05, 0.1) is 18.2 Å². The number of methoxy groups -OCH3 is 1. The molecule has 8 heteroatoms. The number of hydrogen-bond donors (Lipinski definition) is 0. The summed E-state index contributed by atoms with van der Waals surface area (Å²) in [5.41, 5.74) is -1.85. The second kappa shape index (κ2) is 6.16. The van der Waals surface area contributed by atoms with Gasteiger partial charge >= 0.3 is 12.3 Å². The third-order valence-corrected chi connectivity index (χ3v) is 5.28. The largest absolute Gasteiger partial charge is 0.453 e. The van der Waals surface area contributed by atoms with E-state index in [4.69, 9.17) is 4.74 Å². The first-order valence-corrected chi connectivity index (χ1v) is 8.12. The summed E-state index contributed by atoms with van der Waals surface area (Å²) in [6.45, 7) is 1.29. The number of rotatable bonds is 4. The summed E-state index contributed by atoms with van der Waals surface area (Å²) in [6.07, 6.45) is -3.38. The lowest BCUT2D eigenvalue weighted by atomic mass is 9.97. The van der Waals surface area contributed by atoms with E-state index < -0.39 is 29.2 Å². The van der Waals surface area contributed by atoms with E-state index in [1.165, 1.54) is 18.1 Å². The van der Waals surface area contributed by atoms with Crippen molar-refractivity contribution in [1.29, 1.82) is 0 Å². The van der Waals surface area contributed by atoms with Gasteiger partial charge in [-0.1, -0.05) is 6.07 Å². The molecule has 1 amide bonds. The highest BCUT2D eigenvalue weighted by atomic mass is 19.4. The Balaban J connectivity index is 1.94. The van der Waals surface area contributed by atoms with Gasteiger partial charge in [-0.15, -0.1) is 0 Å². The average Bonchev–Trinajstić information content (AvgIpc) is 3.34. The van der Waals surface area contributed by atoms with Gasteiger partial charge in [0.2, 0.25) is 0 Å². The highest BCUT2D eigenvalue weighted by Crippen LogP contribution is 2.52. The van der Waals surface area contributed by atoms with E-state index in [9.17, 15) is 22.4 Å². The first kappa shape index (κ1) is 18.0. The van der Waals surface area contributed by atoms with Crippen molar-refractivity contribution >= 4 is 6.09 Å². The van der Waals surface area contributed by atoms with Gasteiger partial charge in [0.1, 0.15) is 5.82 Å². The smallest absolute Gasteiger partial charge is 0.419 e. The molecule has 0 N–H and O–H groups in total. The zero-order valence-electron chi connectivity index (χ0n) is 14.1. The first-order valence-electron chi connectivity index (χ1n) is 8.12. The van der Waals surface area contributed by atoms with Crippen molar-refractivity contribution in [2.45, 2.75) is 37.0 Å². The predicted molar refractivity (Wildman–Crippen MR) is 82.5 cm³/mol. The number of carbonyl (C=O) groups is 1. The highest BCUT2D eigenvalue weighted by Gasteiger charge is 2.54. The van der Waals surface area contributed by atoms with Gasteiger partial charge in [-0.2, -0.15) is 13.2 Å². The quantitative estimate of drug-likeness (QED) is 0.769. The molecule has 2 fully saturated rings. The summed E-state index contributed by atoms with van der Waals surface area (Å²) < 4.78 is 57.6. The topological polar surface area (TPSA) is 32.8 Å². The molecule has 3 rings (SSSR count). The lowest BCUT2D eigenvalue weighted by molar-refractivity contribution is -0.140. The Hall–Kier alpha value is -1.83. The Morgan fingerprint density at radius 2 is 2.08 bits per heavy atom. The number of amides is 1. The number of alkyl halides is 3. The lowest BCUT2D eigenvalue weighted by Gasteiger charge is -2.43. The van der Waals surface area contributed by atoms with Gasteiger partial charge in [-0.05, 0) is 50.6 Å². The van der Waals surface area contributed by atoms with E-state index in [1.54, 1.807) is 0 Å². The molecule has 0 radical (unpaired) electrons. The Morgan fingerprint density at radius 3 is 2.52 bits per heavy atom. The Bertz CT molecular complexity index is 673. The Morgan fingerprint density at radius 1 is 1.40 bits per heavy atom. The SMILES string of the molecule is COC(=O)N(CC1CCN1C)C1(c2ccc(F)c(C(F)(F)F)c2)CC1. The second-order valence-electron chi connectivity index (χ2n) is 6.73. The van der Waals surface area contributed by atoms with Crippen LogP contribution in [-0.2, 0) is 16.5 Å². The molecule has 0 bridgehead atoms. The normalized spacial score (nSPS) is 22.2. The molecule has 1 heterocycles. The number of nitrogens with zero attached hydrogens (tertiary/aromatic N) is 2. The fourth-order valence-corrected chi connectivity index (χ4v) is 3.41. The number of likely N-dealkylation sites (N-methyl/N-ethyl adjacent to an activating group) is 1. The van der Waals surface area contributed by atoms with Crippen molar-refractivity contribution < 1.29 is 27.1 Å². The van der Waals surface area contributed by atoms with Crippen LogP contribution in [0.15, 0.2) is 18.2 Å². The zero-order chi connectivity index (χ0) is 18.4. The van der Waals surface area contributed by atoms with Crippen LogP contribution in [-0.4, -0.2) is 49.2 Å². The molecule has 1 atom stereocenters. The predicted octanol–water partition coefficient (Wildman–Crippen LogP) is 3.61. The molecule has 1 saturated carbocycles. The monoisotopic (exact) mass is 360 g/mol. The van der Waals surface area contributed by atoms with Gasteiger partial charge in [0.15, 0.2) is 0 Å². The Kier molecular flexibility index (Phi) is 4.43. The van der Waals surface area contributed by atoms with E-state index in [-0.39, 0.29) is 6.04 Å². The molecule has 1 saturated heterocycles. The van der Waals surface area contributed by atoms with Crippen LogP contribution in [0.25, 0.3) is 0 Å². The third-order valence-electron chi connectivity index (χ3n) is 5.28. The molecule has 4 nitrogen and oxygen atoms in total. The van der Waals surface area contributed by atoms with Gasteiger partial charge < -0.3 is 9.64 Å². The molecule has 1 aliphatic carbocycles. The summed E-state index contributed by atoms with van der Waals surface area (Å²) in [5.74, 6) is -1.31. The highest BCUT2D eigenvalue weighted by molar-refractivity contribution is 5.70. The van der Waals surface area contributed by atoms with Crippen molar-refractivity contribution in [3.63, 3.8) is 0 Å². The Labute approximate surface area is 143 Å². The van der Waals surface area contributed by atoms with Crippen LogP contribution in [0.5, 0.6) is 0 Å². The molecule has 1 aliphatic heterocycles. The fraction of sp³-hybridized carbons (Fsp3) is 0.588. The van der Waals surface area contributed by atoms with Gasteiger partial charge in [0.25, 0.3) is 0 Å². The molecule has 2 aliphatic rings. The lowest BCUT2D eigenvalue weighted by Crippen LogP contribution is -2.54. The zero-order valence-corrected chi connectivity index (χ0v) is 14.1. The van der Waals surface area contributed by atoms with E-state index in [0.29, 0.717) is 24.9 Å². The molecule has 1 aromatic rings. The van der Waals surface area contributed by atoms with Crippen molar-refractivity contribution in [3.8, 4) is 0 Å². The first-order chi connectivity index (χ1) is 11.7. The number of hydrogen-bond acceptors (Lipinski definition) is 3. The van der Waals surface area contributed by atoms with E-state index >= 15 is 0 Å². The average molecular weight is 360 g/mol. The van der Waals surface area contributed by atoms with Gasteiger partial charge in [-0.3, -0.25) is 4.90 Å². The van der Waals surface area contributed by atoms with E-state index in [0.717, 1.165) is 25.1 Å². The van der Waals surface area contributed by atoms with Crippen LogP contribution >= 0.6 is 0 Å². The number of carbonyl (C=O) groups excluding carboxylic acids is 1. The van der Waals surface area contributed by atoms with Crippen molar-refractivity contribution in [3.05, 3.63) is 35.1 Å². The van der Waals surface area contributed by atoms with Gasteiger partial charge in [-0.25, -0.2) is 9.18 Å². The maximum Gasteiger partial charge on any atom is 0.419 e. The molecule has 1 unspecified atom stereocenters. The number of halogens is 4. The molecule has 25 heavy (non-hydrogen) atoms. The molecule has 1 aromatic carbocycles. The van der Waals surface area contributed by atoms with E-state index in [2.05, 4.69) is 4.90 Å². The number of likely N-dealkylation sites (tertiary alicyclic amines) is 1. The van der Waals surface area contributed by atoms with Crippen LogP contribution in [0.3, 0.4) is 0 Å². The maximum absolute atomic E-state index is 13.6. The minimum absolute atomic E-state index is 0.152. The van der Waals surface area contributed by atoms with Crippen molar-refractivity contribution in [2.24, 2.45) is 0 Å². The molecule has 0 aromatic heterocycles. The second-order valence-corrected chi connectivity index (χ2v) is 6.73. The third kappa shape index (κ3) is 3.19. The summed E-state index contributed by atoms with van der Waals surface area (Å²) >= 11 is 0. The standard InChI is InChI=1S/C17H20F4N2O2/c1-22-8-5-12(22)10-23(15(24)25-2)16(6-7-16)11-3-4-14(18)13(9-11)17(19,20)21/h3-4,9,12H,5-8,10H2,1-2H3. The summed E-state index contributed by atoms with van der Waals surface area (Å²) in [6, 6.07) is 3.13.